The van der Waals surface area contributed by atoms with Crippen LogP contribution in [0, 0.1) is 0 Å². The molecule has 1 aliphatic rings. The highest BCUT2D eigenvalue weighted by atomic mass is 35.5. The first kappa shape index (κ1) is 11.7. The number of carbonyl (C=O) groups excluding carboxylic acids is 1. The standard InChI is InChI=1S/C13H12N2O.ClH/c1-2-15-11-7-6-10(14)8-4-3-5-9(12(8)11)13(15)16;/h3-7H,2,14H2,1H3;1H. The van der Waals surface area contributed by atoms with Gasteiger partial charge < -0.3 is 10.6 Å². The summed E-state index contributed by atoms with van der Waals surface area (Å²) in [7, 11) is 0. The number of nitrogen functional groups attached to an aromatic ring is 1. The molecule has 0 saturated carbocycles. The van der Waals surface area contributed by atoms with Crippen LogP contribution in [-0.4, -0.2) is 12.5 Å². The highest BCUT2D eigenvalue weighted by molar-refractivity contribution is 6.26. The zero-order valence-electron chi connectivity index (χ0n) is 9.43. The predicted molar refractivity (Wildman–Crippen MR) is 73.0 cm³/mol. The summed E-state index contributed by atoms with van der Waals surface area (Å²) in [6.45, 7) is 2.67. The zero-order valence-corrected chi connectivity index (χ0v) is 10.3. The Kier molecular flexibility index (Phi) is 2.71. The van der Waals surface area contributed by atoms with E-state index in [4.69, 9.17) is 5.73 Å². The number of nitrogens with two attached hydrogens (primary N) is 1. The first-order valence-corrected chi connectivity index (χ1v) is 5.37. The molecule has 2 aromatic rings. The summed E-state index contributed by atoms with van der Waals surface area (Å²) < 4.78 is 0. The van der Waals surface area contributed by atoms with E-state index >= 15 is 0 Å². The molecule has 2 aromatic carbocycles. The van der Waals surface area contributed by atoms with Gasteiger partial charge in [-0.25, -0.2) is 0 Å². The van der Waals surface area contributed by atoms with Crippen molar-refractivity contribution >= 4 is 40.5 Å². The van der Waals surface area contributed by atoms with E-state index in [9.17, 15) is 4.79 Å². The Morgan fingerprint density at radius 1 is 1.24 bits per heavy atom. The summed E-state index contributed by atoms with van der Waals surface area (Å²) in [5.74, 6) is 0.0775. The topological polar surface area (TPSA) is 46.3 Å². The fourth-order valence-electron chi connectivity index (χ4n) is 2.38. The smallest absolute Gasteiger partial charge is 0.258 e. The molecule has 0 spiro atoms. The first-order valence-electron chi connectivity index (χ1n) is 5.37. The predicted octanol–water partition coefficient (Wildman–Crippen LogP) is 2.82. The molecule has 0 saturated heterocycles. The highest BCUT2D eigenvalue weighted by Gasteiger charge is 2.28. The van der Waals surface area contributed by atoms with E-state index in [0.717, 1.165) is 27.7 Å². The molecule has 0 bridgehead atoms. The lowest BCUT2D eigenvalue weighted by Crippen LogP contribution is -2.25. The highest BCUT2D eigenvalue weighted by Crippen LogP contribution is 2.39. The molecule has 3 rings (SSSR count). The lowest BCUT2D eigenvalue weighted by atomic mass is 10.0. The van der Waals surface area contributed by atoms with Crippen LogP contribution in [0.5, 0.6) is 0 Å². The molecule has 0 aromatic heterocycles. The van der Waals surface area contributed by atoms with Crippen molar-refractivity contribution in [3.63, 3.8) is 0 Å². The monoisotopic (exact) mass is 248 g/mol. The number of amides is 1. The van der Waals surface area contributed by atoms with Crippen LogP contribution in [0.2, 0.25) is 0 Å². The lowest BCUT2D eigenvalue weighted by Gasteiger charge is -2.14. The van der Waals surface area contributed by atoms with Gasteiger partial charge in [0.25, 0.3) is 5.91 Å². The van der Waals surface area contributed by atoms with Crippen LogP contribution in [0.15, 0.2) is 30.3 Å². The Morgan fingerprint density at radius 3 is 2.71 bits per heavy atom. The summed E-state index contributed by atoms with van der Waals surface area (Å²) in [6.07, 6.45) is 0. The van der Waals surface area contributed by atoms with E-state index < -0.39 is 0 Å². The van der Waals surface area contributed by atoms with Crippen molar-refractivity contribution in [2.45, 2.75) is 6.92 Å². The van der Waals surface area contributed by atoms with Gasteiger partial charge in [-0.05, 0) is 25.1 Å². The van der Waals surface area contributed by atoms with Crippen molar-refractivity contribution < 1.29 is 4.79 Å². The second-order valence-electron chi connectivity index (χ2n) is 3.95. The maximum atomic E-state index is 12.1. The van der Waals surface area contributed by atoms with Gasteiger partial charge in [-0.15, -0.1) is 12.4 Å². The van der Waals surface area contributed by atoms with Gasteiger partial charge in [-0.1, -0.05) is 12.1 Å². The third-order valence-electron chi connectivity index (χ3n) is 3.13. The molecule has 4 heteroatoms. The number of anilines is 2. The largest absolute Gasteiger partial charge is 0.398 e. The Balaban J connectivity index is 0.00000108. The molecule has 0 fully saturated rings. The van der Waals surface area contributed by atoms with Crippen LogP contribution in [0.25, 0.3) is 10.8 Å². The SMILES string of the molecule is CCN1C(=O)c2cccc3c(N)ccc1c23.Cl. The van der Waals surface area contributed by atoms with Crippen LogP contribution in [0.3, 0.4) is 0 Å². The average molecular weight is 249 g/mol. The molecule has 0 radical (unpaired) electrons. The van der Waals surface area contributed by atoms with Crippen molar-refractivity contribution in [2.75, 3.05) is 17.2 Å². The summed E-state index contributed by atoms with van der Waals surface area (Å²) in [6, 6.07) is 9.50. The van der Waals surface area contributed by atoms with Gasteiger partial charge >= 0.3 is 0 Å². The summed E-state index contributed by atoms with van der Waals surface area (Å²) in [4.78, 5) is 13.9. The van der Waals surface area contributed by atoms with Gasteiger partial charge in [0.1, 0.15) is 0 Å². The molecule has 1 aliphatic heterocycles. The average Bonchev–Trinajstić information content (AvgIpc) is 2.59. The number of benzene rings is 2. The summed E-state index contributed by atoms with van der Waals surface area (Å²) in [5.41, 5.74) is 8.40. The van der Waals surface area contributed by atoms with E-state index in [1.807, 2.05) is 37.3 Å². The fraction of sp³-hybridized carbons (Fsp3) is 0.154. The van der Waals surface area contributed by atoms with Crippen LogP contribution in [0.4, 0.5) is 11.4 Å². The van der Waals surface area contributed by atoms with E-state index in [0.29, 0.717) is 6.54 Å². The Bertz CT molecular complexity index is 610. The van der Waals surface area contributed by atoms with Gasteiger partial charge in [0.15, 0.2) is 0 Å². The molecule has 88 valence electrons. The fourth-order valence-corrected chi connectivity index (χ4v) is 2.38. The van der Waals surface area contributed by atoms with Crippen molar-refractivity contribution in [2.24, 2.45) is 0 Å². The first-order chi connectivity index (χ1) is 7.74. The number of carbonyl (C=O) groups is 1. The number of nitrogens with zero attached hydrogens (tertiary/aromatic N) is 1. The van der Waals surface area contributed by atoms with Crippen LogP contribution in [0.1, 0.15) is 17.3 Å². The minimum absolute atomic E-state index is 0. The van der Waals surface area contributed by atoms with E-state index in [1.54, 1.807) is 4.90 Å². The quantitative estimate of drug-likeness (QED) is 0.789. The van der Waals surface area contributed by atoms with Gasteiger partial charge in [0.2, 0.25) is 0 Å². The maximum absolute atomic E-state index is 12.1. The minimum atomic E-state index is 0. The Hall–Kier alpha value is -1.74. The molecule has 1 heterocycles. The molecule has 1 amide bonds. The third kappa shape index (κ3) is 1.39. The second-order valence-corrected chi connectivity index (χ2v) is 3.95. The molecule has 0 atom stereocenters. The summed E-state index contributed by atoms with van der Waals surface area (Å²) >= 11 is 0. The van der Waals surface area contributed by atoms with Gasteiger partial charge in [-0.3, -0.25) is 4.79 Å². The second kappa shape index (κ2) is 3.93. The molecular weight excluding hydrogens is 236 g/mol. The zero-order chi connectivity index (χ0) is 11.3. The minimum Gasteiger partial charge on any atom is -0.398 e. The van der Waals surface area contributed by atoms with Crippen molar-refractivity contribution in [1.29, 1.82) is 0 Å². The van der Waals surface area contributed by atoms with E-state index in [-0.39, 0.29) is 18.3 Å². The molecule has 0 aliphatic carbocycles. The molecule has 3 nitrogen and oxygen atoms in total. The van der Waals surface area contributed by atoms with Crippen LogP contribution >= 0.6 is 12.4 Å². The van der Waals surface area contributed by atoms with Gasteiger partial charge in [0.05, 0.1) is 5.69 Å². The van der Waals surface area contributed by atoms with Gasteiger partial charge in [0, 0.05) is 28.6 Å². The molecular formula is C13H13ClN2O. The summed E-state index contributed by atoms with van der Waals surface area (Å²) in [5, 5.41) is 1.97. The maximum Gasteiger partial charge on any atom is 0.258 e. The molecule has 17 heavy (non-hydrogen) atoms. The van der Waals surface area contributed by atoms with Crippen molar-refractivity contribution in [3.8, 4) is 0 Å². The number of halogens is 1. The number of hydrogen-bond donors (Lipinski definition) is 1. The number of rotatable bonds is 1. The Morgan fingerprint density at radius 2 is 2.00 bits per heavy atom. The Labute approximate surface area is 106 Å². The molecule has 0 unspecified atom stereocenters. The van der Waals surface area contributed by atoms with Crippen LogP contribution < -0.4 is 10.6 Å². The normalized spacial score (nSPS) is 13.0. The molecule has 2 N–H and O–H groups in total. The third-order valence-corrected chi connectivity index (χ3v) is 3.13. The van der Waals surface area contributed by atoms with E-state index in [1.165, 1.54) is 0 Å². The van der Waals surface area contributed by atoms with Gasteiger partial charge in [-0.2, -0.15) is 0 Å². The van der Waals surface area contributed by atoms with Crippen LogP contribution in [-0.2, 0) is 0 Å². The van der Waals surface area contributed by atoms with E-state index in [2.05, 4.69) is 0 Å². The van der Waals surface area contributed by atoms with Crippen molar-refractivity contribution in [1.82, 2.24) is 0 Å². The lowest BCUT2D eigenvalue weighted by molar-refractivity contribution is 0.0994. The van der Waals surface area contributed by atoms with Crippen molar-refractivity contribution in [3.05, 3.63) is 35.9 Å². The number of hydrogen-bond acceptors (Lipinski definition) is 2.